The lowest BCUT2D eigenvalue weighted by molar-refractivity contribution is 0.436. The zero-order valence-corrected chi connectivity index (χ0v) is 39.2. The van der Waals surface area contributed by atoms with Gasteiger partial charge >= 0.3 is 0 Å². The largest absolute Gasteiger partial charge is 0.457 e. The summed E-state index contributed by atoms with van der Waals surface area (Å²) in [6, 6.07) is 74.0. The number of nitrogens with zero attached hydrogens (tertiary/aromatic N) is 2. The molecule has 3 heterocycles. The predicted octanol–water partition coefficient (Wildman–Crippen LogP) is 17.0. The van der Waals surface area contributed by atoms with Crippen LogP contribution in [0.3, 0.4) is 0 Å². The first kappa shape index (κ1) is 39.1. The molecule has 0 amide bonds. The normalized spacial score (nSPS) is 19.5. The molecule has 15 rings (SSSR count). The fourth-order valence-electron chi connectivity index (χ4n) is 13.0. The van der Waals surface area contributed by atoms with Gasteiger partial charge in [-0.05, 0) is 147 Å². The standard InChI is InChI=1S/C64H40N2OS2/c1-38-14-12-22-51-61(38)43-16-3-6-19-47(43)64(51)50-21-8-11-26-58(50)69-59-33-30-41(36-53(59)64)66(54-23-13-27-60-62(54)44-17-4-10-25-57(44)68-60)40-29-32-56-52(35-40)63(49-20-7-9-24-55(49)67-56)46-18-5-2-15-42(46)45-34-39(37-65)28-31-48(45)63/h2-13,15-36,38H,14H2,1H3/t38?,63-,64?/m0/s1. The van der Waals surface area contributed by atoms with Gasteiger partial charge in [-0.3, -0.25) is 0 Å². The van der Waals surface area contributed by atoms with Crippen LogP contribution in [-0.2, 0) is 10.8 Å². The summed E-state index contributed by atoms with van der Waals surface area (Å²) < 4.78 is 9.49. The molecule has 2 aliphatic heterocycles. The topological polar surface area (TPSA) is 36.3 Å². The van der Waals surface area contributed by atoms with Gasteiger partial charge in [-0.25, -0.2) is 0 Å². The van der Waals surface area contributed by atoms with E-state index in [9.17, 15) is 5.26 Å². The maximum Gasteiger partial charge on any atom is 0.132 e. The van der Waals surface area contributed by atoms with Gasteiger partial charge < -0.3 is 9.64 Å². The lowest BCUT2D eigenvalue weighted by Crippen LogP contribution is -2.33. The quantitative estimate of drug-likeness (QED) is 0.177. The van der Waals surface area contributed by atoms with Crippen molar-refractivity contribution in [3.63, 3.8) is 0 Å². The lowest BCUT2D eigenvalue weighted by Gasteiger charge is -2.42. The van der Waals surface area contributed by atoms with Crippen LogP contribution in [0.15, 0.2) is 222 Å². The van der Waals surface area contributed by atoms with Gasteiger partial charge in [0.05, 0.1) is 28.2 Å². The number of rotatable bonds is 3. The monoisotopic (exact) mass is 916 g/mol. The fraction of sp³-hybridized carbons (Fsp3) is 0.0781. The van der Waals surface area contributed by atoms with Crippen LogP contribution in [0, 0.1) is 17.2 Å². The second kappa shape index (κ2) is 14.3. The smallest absolute Gasteiger partial charge is 0.132 e. The molecule has 0 radical (unpaired) electrons. The van der Waals surface area contributed by atoms with Crippen LogP contribution in [0.2, 0.25) is 0 Å². The van der Waals surface area contributed by atoms with Crippen molar-refractivity contribution in [2.24, 2.45) is 5.92 Å². The van der Waals surface area contributed by atoms with Crippen LogP contribution in [0.1, 0.15) is 63.4 Å². The molecule has 2 spiro atoms. The molecule has 5 aliphatic rings. The van der Waals surface area contributed by atoms with Gasteiger partial charge in [-0.1, -0.05) is 146 Å². The molecular weight excluding hydrogens is 877 g/mol. The average Bonchev–Trinajstić information content (AvgIpc) is 4.03. The summed E-state index contributed by atoms with van der Waals surface area (Å²) in [5.74, 6) is 2.05. The summed E-state index contributed by atoms with van der Waals surface area (Å²) in [5.41, 5.74) is 17.7. The van der Waals surface area contributed by atoms with E-state index in [4.69, 9.17) is 4.74 Å². The molecular formula is C64H40N2OS2. The molecule has 1 aromatic heterocycles. The Morgan fingerprint density at radius 1 is 0.551 bits per heavy atom. The van der Waals surface area contributed by atoms with E-state index in [0.29, 0.717) is 11.5 Å². The third kappa shape index (κ3) is 5.07. The summed E-state index contributed by atoms with van der Waals surface area (Å²) in [4.78, 5) is 5.10. The van der Waals surface area contributed by atoms with Crippen molar-refractivity contribution < 1.29 is 4.74 Å². The average molecular weight is 917 g/mol. The van der Waals surface area contributed by atoms with E-state index >= 15 is 0 Å². The number of hydrogen-bond acceptors (Lipinski definition) is 5. The second-order valence-corrected chi connectivity index (χ2v) is 21.1. The third-order valence-electron chi connectivity index (χ3n) is 15.7. The highest BCUT2D eigenvalue weighted by molar-refractivity contribution is 7.99. The Kier molecular flexibility index (Phi) is 8.13. The Balaban J connectivity index is 1.04. The molecule has 69 heavy (non-hydrogen) atoms. The minimum atomic E-state index is -0.715. The molecule has 0 saturated carbocycles. The lowest BCUT2D eigenvalue weighted by atomic mass is 9.65. The van der Waals surface area contributed by atoms with Gasteiger partial charge in [-0.2, -0.15) is 5.26 Å². The first-order valence-corrected chi connectivity index (χ1v) is 25.4. The van der Waals surface area contributed by atoms with Crippen LogP contribution in [0.5, 0.6) is 11.5 Å². The Morgan fingerprint density at radius 2 is 1.22 bits per heavy atom. The third-order valence-corrected chi connectivity index (χ3v) is 17.9. The van der Waals surface area contributed by atoms with Gasteiger partial charge in [0, 0.05) is 52.5 Å². The number of fused-ring (bicyclic) bond motifs is 20. The molecule has 3 aliphatic carbocycles. The minimum absolute atomic E-state index is 0.396. The molecule has 3 nitrogen and oxygen atoms in total. The summed E-state index contributed by atoms with van der Waals surface area (Å²) >= 11 is 3.74. The molecule has 5 heteroatoms. The van der Waals surface area contributed by atoms with E-state index in [1.807, 2.05) is 29.2 Å². The van der Waals surface area contributed by atoms with Crippen molar-refractivity contribution in [2.75, 3.05) is 4.90 Å². The molecule has 0 fully saturated rings. The maximum atomic E-state index is 10.2. The Bertz CT molecular complexity index is 4020. The molecule has 0 N–H and O–H groups in total. The van der Waals surface area contributed by atoms with Crippen LogP contribution >= 0.6 is 23.1 Å². The van der Waals surface area contributed by atoms with Crippen molar-refractivity contribution >= 4 is 65.9 Å². The number of ether oxygens (including phenoxy) is 1. The first-order valence-electron chi connectivity index (χ1n) is 23.8. The summed E-state index contributed by atoms with van der Waals surface area (Å²) in [7, 11) is 0. The summed E-state index contributed by atoms with van der Waals surface area (Å²) in [6.45, 7) is 2.40. The van der Waals surface area contributed by atoms with E-state index in [1.165, 1.54) is 68.9 Å². The highest BCUT2D eigenvalue weighted by Gasteiger charge is 2.53. The Labute approximate surface area is 408 Å². The Hall–Kier alpha value is -7.88. The van der Waals surface area contributed by atoms with Crippen LogP contribution < -0.4 is 9.64 Å². The number of para-hydroxylation sites is 1. The Morgan fingerprint density at radius 3 is 2.09 bits per heavy atom. The molecule has 9 aromatic carbocycles. The molecule has 3 atom stereocenters. The molecule has 0 bridgehead atoms. The predicted molar refractivity (Wildman–Crippen MR) is 283 cm³/mol. The van der Waals surface area contributed by atoms with E-state index in [0.717, 1.165) is 62.8 Å². The number of benzene rings is 9. The second-order valence-electron chi connectivity index (χ2n) is 19.0. The van der Waals surface area contributed by atoms with E-state index in [2.05, 4.69) is 218 Å². The zero-order chi connectivity index (χ0) is 45.6. The van der Waals surface area contributed by atoms with Crippen molar-refractivity contribution in [1.29, 1.82) is 5.26 Å². The molecule has 2 unspecified atom stereocenters. The summed E-state index contributed by atoms with van der Waals surface area (Å²) in [5, 5.41) is 12.7. The van der Waals surface area contributed by atoms with Crippen LogP contribution in [0.4, 0.5) is 17.1 Å². The van der Waals surface area contributed by atoms with E-state index in [-0.39, 0.29) is 0 Å². The highest BCUT2D eigenvalue weighted by atomic mass is 32.2. The van der Waals surface area contributed by atoms with Gasteiger partial charge in [0.1, 0.15) is 11.5 Å². The maximum absolute atomic E-state index is 10.2. The highest BCUT2D eigenvalue weighted by Crippen LogP contribution is 2.66. The first-order chi connectivity index (χ1) is 34.1. The fourth-order valence-corrected chi connectivity index (χ4v) is 15.3. The van der Waals surface area contributed by atoms with Crippen molar-refractivity contribution in [1.82, 2.24) is 0 Å². The van der Waals surface area contributed by atoms with Gasteiger partial charge in [0.15, 0.2) is 0 Å². The SMILES string of the molecule is CC1CC=CC2=C1c1ccccc1C21c2ccccc2Sc2ccc(N(c3ccc4c(c3)[C@@]3(c5ccccc5O4)c4ccccc4-c4cc(C#N)ccc43)c3cccc4sc5ccccc5c34)cc21. The van der Waals surface area contributed by atoms with E-state index in [1.54, 1.807) is 0 Å². The number of thiophene rings is 1. The van der Waals surface area contributed by atoms with Crippen LogP contribution in [-0.4, -0.2) is 0 Å². The van der Waals surface area contributed by atoms with Gasteiger partial charge in [0.2, 0.25) is 0 Å². The van der Waals surface area contributed by atoms with Gasteiger partial charge in [0.25, 0.3) is 0 Å². The number of hydrogen-bond donors (Lipinski definition) is 0. The van der Waals surface area contributed by atoms with Crippen molar-refractivity contribution in [2.45, 2.75) is 34.0 Å². The van der Waals surface area contributed by atoms with Gasteiger partial charge in [-0.15, -0.1) is 11.3 Å². The minimum Gasteiger partial charge on any atom is -0.457 e. The number of allylic oxidation sites excluding steroid dienone is 4. The van der Waals surface area contributed by atoms with Crippen LogP contribution in [0.25, 0.3) is 36.9 Å². The number of anilines is 3. The number of nitriles is 1. The molecule has 324 valence electrons. The molecule has 0 saturated heterocycles. The van der Waals surface area contributed by atoms with E-state index < -0.39 is 10.8 Å². The summed E-state index contributed by atoms with van der Waals surface area (Å²) in [6.07, 6.45) is 5.89. The zero-order valence-electron chi connectivity index (χ0n) is 37.5. The van der Waals surface area contributed by atoms with Crippen molar-refractivity contribution in [3.05, 3.63) is 262 Å². The molecule has 10 aromatic rings. The van der Waals surface area contributed by atoms with Crippen molar-refractivity contribution in [3.8, 4) is 28.7 Å².